The first-order chi connectivity index (χ1) is 16.4. The van der Waals surface area contributed by atoms with E-state index in [-0.39, 0.29) is 38.5 Å². The van der Waals surface area contributed by atoms with Crippen LogP contribution in [-0.4, -0.2) is 15.3 Å². The summed E-state index contributed by atoms with van der Waals surface area (Å²) in [6.45, 7) is 0. The van der Waals surface area contributed by atoms with Gasteiger partial charge >= 0.3 is 0 Å². The molecule has 0 unspecified atom stereocenters. The molecule has 0 fully saturated rings. The zero-order chi connectivity index (χ0) is 24.2. The number of fused-ring (bicyclic) bond motifs is 1. The van der Waals surface area contributed by atoms with Crippen LogP contribution in [0.25, 0.3) is 11.7 Å². The minimum absolute atomic E-state index is 0.116. The van der Waals surface area contributed by atoms with Crippen LogP contribution in [0.2, 0.25) is 15.1 Å². The molecule has 10 heteroatoms. The average Bonchev–Trinajstić information content (AvgIpc) is 2.83. The van der Waals surface area contributed by atoms with E-state index in [1.807, 2.05) is 0 Å². The van der Waals surface area contributed by atoms with Gasteiger partial charge in [0.2, 0.25) is 5.88 Å². The summed E-state index contributed by atoms with van der Waals surface area (Å²) in [5.74, 6) is -0.668. The van der Waals surface area contributed by atoms with E-state index in [4.69, 9.17) is 39.5 Å². The van der Waals surface area contributed by atoms with Crippen LogP contribution in [0.4, 0.5) is 5.69 Å². The molecule has 0 saturated carbocycles. The van der Waals surface area contributed by atoms with E-state index in [9.17, 15) is 14.9 Å². The molecule has 0 aliphatic heterocycles. The fourth-order valence-corrected chi connectivity index (χ4v) is 3.52. The lowest BCUT2D eigenvalue weighted by molar-refractivity contribution is -0.112. The first-order valence-corrected chi connectivity index (χ1v) is 10.8. The molecule has 2 aromatic heterocycles. The van der Waals surface area contributed by atoms with Crippen molar-refractivity contribution in [1.29, 1.82) is 5.26 Å². The highest BCUT2D eigenvalue weighted by atomic mass is 35.5. The molecule has 0 saturated heterocycles. The van der Waals surface area contributed by atoms with Gasteiger partial charge in [0.25, 0.3) is 11.5 Å². The third-order valence-corrected chi connectivity index (χ3v) is 5.76. The Hall–Kier alpha value is -3.83. The molecule has 4 rings (SSSR count). The smallest absolute Gasteiger partial charge is 0.269 e. The highest BCUT2D eigenvalue weighted by Crippen LogP contribution is 2.31. The van der Waals surface area contributed by atoms with Crippen LogP contribution in [0.5, 0.6) is 11.6 Å². The molecule has 0 bridgehead atoms. The number of rotatable bonds is 5. The highest BCUT2D eigenvalue weighted by molar-refractivity contribution is 6.44. The normalized spacial score (nSPS) is 11.2. The summed E-state index contributed by atoms with van der Waals surface area (Å²) in [4.78, 5) is 30.4. The summed E-state index contributed by atoms with van der Waals surface area (Å²) in [5, 5.41) is 12.8. The van der Waals surface area contributed by atoms with Crippen LogP contribution < -0.4 is 15.6 Å². The molecule has 1 amide bonds. The Bertz CT molecular complexity index is 1560. The Morgan fingerprint density at radius 2 is 1.76 bits per heavy atom. The molecule has 0 atom stereocenters. The number of para-hydroxylation sites is 1. The zero-order valence-corrected chi connectivity index (χ0v) is 19.4. The number of ether oxygens (including phenoxy) is 1. The van der Waals surface area contributed by atoms with E-state index in [1.165, 1.54) is 16.7 Å². The molecule has 34 heavy (non-hydrogen) atoms. The number of carbonyl (C=O) groups is 1. The third kappa shape index (κ3) is 4.75. The summed E-state index contributed by atoms with van der Waals surface area (Å²) in [6.07, 6.45) is 2.62. The number of hydrogen-bond acceptors (Lipinski definition) is 5. The maximum Gasteiger partial charge on any atom is 0.269 e. The molecule has 2 aromatic carbocycles. The monoisotopic (exact) mass is 510 g/mol. The van der Waals surface area contributed by atoms with Crippen LogP contribution in [0, 0.1) is 11.3 Å². The Morgan fingerprint density at radius 3 is 2.53 bits per heavy atom. The van der Waals surface area contributed by atoms with Crippen LogP contribution >= 0.6 is 34.8 Å². The fourth-order valence-electron chi connectivity index (χ4n) is 3.00. The van der Waals surface area contributed by atoms with Gasteiger partial charge in [-0.15, -0.1) is 0 Å². The van der Waals surface area contributed by atoms with Crippen molar-refractivity contribution in [3.63, 3.8) is 0 Å². The van der Waals surface area contributed by atoms with Crippen molar-refractivity contribution in [3.8, 4) is 17.7 Å². The number of benzene rings is 2. The Kier molecular flexibility index (Phi) is 6.85. The van der Waals surface area contributed by atoms with Gasteiger partial charge in [-0.2, -0.15) is 10.2 Å². The maximum atomic E-state index is 13.2. The van der Waals surface area contributed by atoms with Crippen LogP contribution in [0.1, 0.15) is 5.56 Å². The molecular formula is C24H13Cl3N4O3. The van der Waals surface area contributed by atoms with Crippen molar-refractivity contribution in [2.24, 2.45) is 0 Å². The number of nitrogens with one attached hydrogen (secondary N) is 1. The number of hydrogen-bond donors (Lipinski definition) is 1. The molecular weight excluding hydrogens is 499 g/mol. The summed E-state index contributed by atoms with van der Waals surface area (Å²) < 4.78 is 7.10. The maximum absolute atomic E-state index is 13.2. The Morgan fingerprint density at radius 1 is 1.03 bits per heavy atom. The quantitative estimate of drug-likeness (QED) is 0.262. The second-order valence-electron chi connectivity index (χ2n) is 6.82. The summed E-state index contributed by atoms with van der Waals surface area (Å²) in [6, 6.07) is 18.1. The van der Waals surface area contributed by atoms with Crippen LogP contribution in [0.15, 0.2) is 77.2 Å². The van der Waals surface area contributed by atoms with Crippen LogP contribution in [-0.2, 0) is 4.79 Å². The molecule has 4 aromatic rings. The van der Waals surface area contributed by atoms with E-state index in [0.717, 1.165) is 6.08 Å². The lowest BCUT2D eigenvalue weighted by Crippen LogP contribution is -2.20. The number of anilines is 1. The lowest BCUT2D eigenvalue weighted by Gasteiger charge is -2.11. The van der Waals surface area contributed by atoms with Crippen molar-refractivity contribution in [2.45, 2.75) is 0 Å². The Balaban J connectivity index is 1.82. The lowest BCUT2D eigenvalue weighted by atomic mass is 10.1. The van der Waals surface area contributed by atoms with Crippen molar-refractivity contribution in [3.05, 3.63) is 103 Å². The van der Waals surface area contributed by atoms with Gasteiger partial charge in [-0.25, -0.2) is 0 Å². The second kappa shape index (κ2) is 9.98. The summed E-state index contributed by atoms with van der Waals surface area (Å²) in [7, 11) is 0. The van der Waals surface area contributed by atoms with Gasteiger partial charge in [-0.3, -0.25) is 14.0 Å². The van der Waals surface area contributed by atoms with Gasteiger partial charge in [0, 0.05) is 6.20 Å². The standard InChI is InChI=1S/C24H13Cl3N4O3/c25-16-6-1-2-9-19(16)34-23-15(24(33)31-11-4-3-10-20(31)30-23)12-14(13-28)22(32)29-18-8-5-7-17(26)21(18)27/h1-12H,(H,29,32)/b14-12-. The van der Waals surface area contributed by atoms with Gasteiger partial charge < -0.3 is 10.1 Å². The number of nitriles is 1. The number of pyridine rings is 1. The van der Waals surface area contributed by atoms with Gasteiger partial charge in [0.1, 0.15) is 28.6 Å². The summed E-state index contributed by atoms with van der Waals surface area (Å²) >= 11 is 18.3. The van der Waals surface area contributed by atoms with Crippen molar-refractivity contribution in [2.75, 3.05) is 5.32 Å². The van der Waals surface area contributed by atoms with Crippen LogP contribution in [0.3, 0.4) is 0 Å². The topological polar surface area (TPSA) is 96.5 Å². The van der Waals surface area contributed by atoms with Crippen molar-refractivity contribution in [1.82, 2.24) is 9.38 Å². The second-order valence-corrected chi connectivity index (χ2v) is 8.01. The molecule has 1 N–H and O–H groups in total. The van der Waals surface area contributed by atoms with Gasteiger partial charge in [0.15, 0.2) is 0 Å². The number of amides is 1. The SMILES string of the molecule is N#C/C(=C/c1c(Oc2ccccc2Cl)nc2ccccn2c1=O)C(=O)Nc1cccc(Cl)c1Cl. The van der Waals surface area contributed by atoms with Gasteiger partial charge in [-0.1, -0.05) is 59.1 Å². The van der Waals surface area contributed by atoms with Crippen molar-refractivity contribution < 1.29 is 9.53 Å². The molecule has 0 aliphatic carbocycles. The minimum Gasteiger partial charge on any atom is -0.437 e. The third-order valence-electron chi connectivity index (χ3n) is 4.63. The predicted molar refractivity (Wildman–Crippen MR) is 132 cm³/mol. The molecule has 0 spiro atoms. The Labute approximate surface area is 208 Å². The van der Waals surface area contributed by atoms with Gasteiger partial charge in [-0.05, 0) is 42.5 Å². The van der Waals surface area contributed by atoms with E-state index in [2.05, 4.69) is 10.3 Å². The molecule has 7 nitrogen and oxygen atoms in total. The van der Waals surface area contributed by atoms with Crippen molar-refractivity contribution >= 4 is 58.1 Å². The minimum atomic E-state index is -0.798. The number of aromatic nitrogens is 2. The largest absolute Gasteiger partial charge is 0.437 e. The first kappa shape index (κ1) is 23.3. The number of nitrogens with zero attached hydrogens (tertiary/aromatic N) is 3. The number of halogens is 3. The molecule has 0 radical (unpaired) electrons. The van der Waals surface area contributed by atoms with E-state index in [0.29, 0.717) is 10.7 Å². The van der Waals surface area contributed by atoms with Gasteiger partial charge in [0.05, 0.1) is 20.8 Å². The molecule has 168 valence electrons. The molecule has 0 aliphatic rings. The van der Waals surface area contributed by atoms with E-state index >= 15 is 0 Å². The average molecular weight is 512 g/mol. The summed E-state index contributed by atoms with van der Waals surface area (Å²) in [5.41, 5.74) is -0.530. The number of carbonyl (C=O) groups excluding carboxylic acids is 1. The highest BCUT2D eigenvalue weighted by Gasteiger charge is 2.19. The fraction of sp³-hybridized carbons (Fsp3) is 0. The predicted octanol–water partition coefficient (Wildman–Crippen LogP) is 5.99. The molecule has 2 heterocycles. The zero-order valence-electron chi connectivity index (χ0n) is 17.1. The van der Waals surface area contributed by atoms with E-state index in [1.54, 1.807) is 60.7 Å². The van der Waals surface area contributed by atoms with E-state index < -0.39 is 11.5 Å². The first-order valence-electron chi connectivity index (χ1n) is 9.70.